The second-order valence-corrected chi connectivity index (χ2v) is 16.2. The Balaban J connectivity index is 1.13. The molecule has 3 heteroatoms. The molecule has 3 nitrogen and oxygen atoms in total. The molecule has 63 heavy (non-hydrogen) atoms. The van der Waals surface area contributed by atoms with Crippen LogP contribution in [0.3, 0.4) is 0 Å². The standard InChI is InChI=1S/C60H41N3/c1-4-17-42(18-5-1)44-31-34-49(35-32-44)61(50-24-16-21-45(37-50)43-19-6-2-7-20-43)51-38-47(39-52(41-51)63-58-29-14-10-25-53(58)54-26-11-15-30-59(54)63)46-33-36-56-55-27-12-13-28-57(55)62(60(56)40-46)48-22-8-3-9-23-48/h1-41H. The molecule has 12 aromatic rings. The first kappa shape index (κ1) is 36.5. The van der Waals surface area contributed by atoms with E-state index >= 15 is 0 Å². The molecule has 10 aromatic carbocycles. The van der Waals surface area contributed by atoms with Gasteiger partial charge in [0.2, 0.25) is 0 Å². The molecule has 0 aliphatic heterocycles. The minimum Gasteiger partial charge on any atom is -0.310 e. The average molecular weight is 804 g/mol. The molecule has 0 unspecified atom stereocenters. The maximum Gasteiger partial charge on any atom is 0.0547 e. The van der Waals surface area contributed by atoms with Crippen LogP contribution in [0.1, 0.15) is 0 Å². The van der Waals surface area contributed by atoms with E-state index in [0.29, 0.717) is 0 Å². The summed E-state index contributed by atoms with van der Waals surface area (Å²) in [7, 11) is 0. The van der Waals surface area contributed by atoms with E-state index in [9.17, 15) is 0 Å². The van der Waals surface area contributed by atoms with Crippen molar-refractivity contribution in [3.05, 3.63) is 249 Å². The van der Waals surface area contributed by atoms with Gasteiger partial charge in [0.15, 0.2) is 0 Å². The Kier molecular flexibility index (Phi) is 8.83. The van der Waals surface area contributed by atoms with E-state index in [1.54, 1.807) is 0 Å². The van der Waals surface area contributed by atoms with Gasteiger partial charge in [0, 0.05) is 50.0 Å². The van der Waals surface area contributed by atoms with Crippen molar-refractivity contribution in [2.45, 2.75) is 0 Å². The van der Waals surface area contributed by atoms with Crippen LogP contribution in [-0.2, 0) is 0 Å². The van der Waals surface area contributed by atoms with Crippen LogP contribution in [0.4, 0.5) is 17.1 Å². The highest BCUT2D eigenvalue weighted by Gasteiger charge is 2.20. The minimum absolute atomic E-state index is 1.06. The molecule has 0 atom stereocenters. The fourth-order valence-electron chi connectivity index (χ4n) is 9.56. The fraction of sp³-hybridized carbons (Fsp3) is 0. The van der Waals surface area contributed by atoms with Crippen LogP contribution in [0.2, 0.25) is 0 Å². The first-order valence-corrected chi connectivity index (χ1v) is 21.6. The van der Waals surface area contributed by atoms with Crippen molar-refractivity contribution in [3.63, 3.8) is 0 Å². The summed E-state index contributed by atoms with van der Waals surface area (Å²) in [5, 5.41) is 4.94. The number of aromatic nitrogens is 2. The van der Waals surface area contributed by atoms with E-state index in [4.69, 9.17) is 0 Å². The predicted molar refractivity (Wildman–Crippen MR) is 266 cm³/mol. The zero-order valence-electron chi connectivity index (χ0n) is 34.5. The molecule has 12 rings (SSSR count). The molecule has 0 aliphatic carbocycles. The van der Waals surface area contributed by atoms with E-state index in [1.165, 1.54) is 60.3 Å². The van der Waals surface area contributed by atoms with Gasteiger partial charge in [0.05, 0.1) is 22.1 Å². The quantitative estimate of drug-likeness (QED) is 0.149. The lowest BCUT2D eigenvalue weighted by Crippen LogP contribution is -2.11. The minimum atomic E-state index is 1.06. The normalized spacial score (nSPS) is 11.5. The van der Waals surface area contributed by atoms with Crippen LogP contribution >= 0.6 is 0 Å². The van der Waals surface area contributed by atoms with E-state index < -0.39 is 0 Å². The molecule has 2 heterocycles. The Morgan fingerprint density at radius 2 is 0.667 bits per heavy atom. The SMILES string of the molecule is c1ccc(-c2ccc(N(c3cccc(-c4ccccc4)c3)c3cc(-c4ccc5c6ccccc6n(-c6ccccc6)c5c4)cc(-n4c5ccccc5c5ccccc54)c3)cc2)cc1. The first-order valence-electron chi connectivity index (χ1n) is 21.6. The Hall–Kier alpha value is -8.40. The highest BCUT2D eigenvalue weighted by molar-refractivity contribution is 6.11. The van der Waals surface area contributed by atoms with E-state index in [1.807, 2.05) is 0 Å². The third kappa shape index (κ3) is 6.38. The monoisotopic (exact) mass is 803 g/mol. The van der Waals surface area contributed by atoms with Gasteiger partial charge in [-0.2, -0.15) is 0 Å². The topological polar surface area (TPSA) is 13.1 Å². The number of para-hydroxylation sites is 4. The molecule has 0 aliphatic rings. The highest BCUT2D eigenvalue weighted by atomic mass is 15.1. The maximum absolute atomic E-state index is 2.44. The highest BCUT2D eigenvalue weighted by Crippen LogP contribution is 2.43. The molecular formula is C60H41N3. The average Bonchev–Trinajstić information content (AvgIpc) is 3.88. The molecule has 0 saturated carbocycles. The largest absolute Gasteiger partial charge is 0.310 e. The van der Waals surface area contributed by atoms with E-state index in [-0.39, 0.29) is 0 Å². The molecule has 0 bridgehead atoms. The molecule has 0 amide bonds. The molecule has 0 radical (unpaired) electrons. The van der Waals surface area contributed by atoms with Crippen LogP contribution in [0, 0.1) is 0 Å². The summed E-state index contributed by atoms with van der Waals surface area (Å²) < 4.78 is 4.84. The van der Waals surface area contributed by atoms with Crippen LogP contribution in [0.15, 0.2) is 249 Å². The molecule has 296 valence electrons. The van der Waals surface area contributed by atoms with E-state index in [2.05, 4.69) is 263 Å². The van der Waals surface area contributed by atoms with Crippen molar-refractivity contribution in [2.24, 2.45) is 0 Å². The summed E-state index contributed by atoms with van der Waals surface area (Å²) in [6.07, 6.45) is 0. The first-order chi connectivity index (χ1) is 31.2. The zero-order valence-corrected chi connectivity index (χ0v) is 34.5. The summed E-state index contributed by atoms with van der Waals surface area (Å²) in [5.41, 5.74) is 17.1. The second-order valence-electron chi connectivity index (χ2n) is 16.2. The fourth-order valence-corrected chi connectivity index (χ4v) is 9.56. The van der Waals surface area contributed by atoms with E-state index in [0.717, 1.165) is 45.1 Å². The molecule has 0 spiro atoms. The Morgan fingerprint density at radius 3 is 1.29 bits per heavy atom. The van der Waals surface area contributed by atoms with Crippen molar-refractivity contribution in [2.75, 3.05) is 4.90 Å². The van der Waals surface area contributed by atoms with Crippen molar-refractivity contribution in [1.82, 2.24) is 9.13 Å². The number of fused-ring (bicyclic) bond motifs is 6. The van der Waals surface area contributed by atoms with Gasteiger partial charge in [-0.15, -0.1) is 0 Å². The smallest absolute Gasteiger partial charge is 0.0547 e. The molecule has 0 N–H and O–H groups in total. The molecule has 0 saturated heterocycles. The number of benzene rings is 10. The summed E-state index contributed by atoms with van der Waals surface area (Å²) in [6, 6.07) is 90.3. The van der Waals surface area contributed by atoms with Crippen LogP contribution in [0.25, 0.3) is 88.4 Å². The lowest BCUT2D eigenvalue weighted by molar-refractivity contribution is 1.17. The third-order valence-electron chi connectivity index (χ3n) is 12.5. The van der Waals surface area contributed by atoms with Gasteiger partial charge < -0.3 is 14.0 Å². The van der Waals surface area contributed by atoms with Gasteiger partial charge >= 0.3 is 0 Å². The summed E-state index contributed by atoms with van der Waals surface area (Å²) in [4.78, 5) is 2.42. The number of hydrogen-bond donors (Lipinski definition) is 0. The van der Waals surface area contributed by atoms with Crippen molar-refractivity contribution in [3.8, 4) is 44.8 Å². The third-order valence-corrected chi connectivity index (χ3v) is 12.5. The second kappa shape index (κ2) is 15.3. The van der Waals surface area contributed by atoms with Gasteiger partial charge in [-0.1, -0.05) is 170 Å². The predicted octanol–water partition coefficient (Wildman–Crippen LogP) is 16.4. The van der Waals surface area contributed by atoms with Crippen LogP contribution < -0.4 is 4.90 Å². The zero-order chi connectivity index (χ0) is 41.7. The number of hydrogen-bond acceptors (Lipinski definition) is 1. The summed E-state index contributed by atoms with van der Waals surface area (Å²) in [6.45, 7) is 0. The maximum atomic E-state index is 2.44. The van der Waals surface area contributed by atoms with Crippen LogP contribution in [0.5, 0.6) is 0 Å². The lowest BCUT2D eigenvalue weighted by atomic mass is 10.00. The summed E-state index contributed by atoms with van der Waals surface area (Å²) >= 11 is 0. The molecular weight excluding hydrogens is 763 g/mol. The van der Waals surface area contributed by atoms with Gasteiger partial charge in [0.25, 0.3) is 0 Å². The number of nitrogens with zero attached hydrogens (tertiary/aromatic N) is 3. The molecule has 0 fully saturated rings. The van der Waals surface area contributed by atoms with Crippen molar-refractivity contribution < 1.29 is 0 Å². The van der Waals surface area contributed by atoms with Crippen LogP contribution in [-0.4, -0.2) is 9.13 Å². The van der Waals surface area contributed by atoms with Gasteiger partial charge in [-0.3, -0.25) is 0 Å². The number of rotatable bonds is 8. The Morgan fingerprint density at radius 1 is 0.222 bits per heavy atom. The molecule has 2 aromatic heterocycles. The van der Waals surface area contributed by atoms with Crippen molar-refractivity contribution >= 4 is 60.7 Å². The number of anilines is 3. The Bertz CT molecular complexity index is 3550. The lowest BCUT2D eigenvalue weighted by Gasteiger charge is -2.28. The van der Waals surface area contributed by atoms with Gasteiger partial charge in [0.1, 0.15) is 0 Å². The van der Waals surface area contributed by atoms with Crippen molar-refractivity contribution in [1.29, 1.82) is 0 Å². The van der Waals surface area contributed by atoms with Gasteiger partial charge in [-0.25, -0.2) is 0 Å². The Labute approximate surface area is 366 Å². The van der Waals surface area contributed by atoms with Gasteiger partial charge in [-0.05, 0) is 112 Å². The summed E-state index contributed by atoms with van der Waals surface area (Å²) in [5.74, 6) is 0.